The zero-order valence-corrected chi connectivity index (χ0v) is 18.4. The Balaban J connectivity index is 1.73. The van der Waals surface area contributed by atoms with Crippen LogP contribution in [-0.2, 0) is 29.2 Å². The molecule has 3 rings (SSSR count). The topological polar surface area (TPSA) is 45.7 Å². The summed E-state index contributed by atoms with van der Waals surface area (Å²) in [7, 11) is 0. The predicted molar refractivity (Wildman–Crippen MR) is 110 cm³/mol. The molecule has 0 fully saturated rings. The second-order valence-corrected chi connectivity index (χ2v) is 10.9. The van der Waals surface area contributed by atoms with E-state index in [0.717, 1.165) is 18.7 Å². The zero-order chi connectivity index (χ0) is 19.9. The molecular weight excluding hydrogens is 354 g/mol. The quantitative estimate of drug-likeness (QED) is 0.596. The average molecular weight is 387 g/mol. The van der Waals surface area contributed by atoms with Gasteiger partial charge in [-0.2, -0.15) is 5.10 Å². The first-order valence-corrected chi connectivity index (χ1v) is 10.4. The first kappa shape index (κ1) is 19.9. The highest BCUT2D eigenvalue weighted by Crippen LogP contribution is 2.32. The highest BCUT2D eigenvalue weighted by molar-refractivity contribution is 7.11. The SMILES string of the molecule is CC(C)(C)c1ncc(CC(C)(C)c2cc[n+](CC(C)(C)c3ccco3)[nH]2)s1. The first-order chi connectivity index (χ1) is 12.5. The minimum atomic E-state index is -0.0697. The fourth-order valence-corrected chi connectivity index (χ4v) is 4.50. The van der Waals surface area contributed by atoms with Crippen LogP contribution in [0.4, 0.5) is 0 Å². The van der Waals surface area contributed by atoms with Crippen LogP contribution in [0.5, 0.6) is 0 Å². The third kappa shape index (κ3) is 4.52. The van der Waals surface area contributed by atoms with E-state index in [4.69, 9.17) is 4.42 Å². The van der Waals surface area contributed by atoms with Crippen molar-refractivity contribution in [1.82, 2.24) is 10.1 Å². The standard InChI is InChI=1S/C22H31N3OS/c1-20(2,3)19-23-14-16(27-19)13-21(4,5)17-10-11-25(24-17)15-22(6,7)18-9-8-12-26-18/h8-12,14H,13,15H2,1-7H3/p+1. The van der Waals surface area contributed by atoms with Crippen LogP contribution >= 0.6 is 11.3 Å². The van der Waals surface area contributed by atoms with Gasteiger partial charge >= 0.3 is 0 Å². The van der Waals surface area contributed by atoms with E-state index in [1.54, 1.807) is 6.26 Å². The molecule has 0 aliphatic carbocycles. The van der Waals surface area contributed by atoms with Gasteiger partial charge in [0.05, 0.1) is 22.4 Å². The van der Waals surface area contributed by atoms with Crippen molar-refractivity contribution >= 4 is 11.3 Å². The van der Waals surface area contributed by atoms with Crippen molar-refractivity contribution in [2.45, 2.75) is 77.7 Å². The van der Waals surface area contributed by atoms with Gasteiger partial charge in [-0.25, -0.2) is 4.98 Å². The molecule has 3 heterocycles. The van der Waals surface area contributed by atoms with Crippen molar-refractivity contribution in [1.29, 1.82) is 0 Å². The van der Waals surface area contributed by atoms with Crippen molar-refractivity contribution in [2.75, 3.05) is 0 Å². The summed E-state index contributed by atoms with van der Waals surface area (Å²) in [5.74, 6) is 1.00. The Morgan fingerprint density at radius 3 is 2.41 bits per heavy atom. The molecule has 1 N–H and O–H groups in total. The molecule has 3 aromatic heterocycles. The lowest BCUT2D eigenvalue weighted by atomic mass is 9.85. The van der Waals surface area contributed by atoms with Crippen LogP contribution in [-0.4, -0.2) is 10.1 Å². The maximum Gasteiger partial charge on any atom is 0.195 e. The van der Waals surface area contributed by atoms with Gasteiger partial charge in [-0.05, 0) is 32.4 Å². The van der Waals surface area contributed by atoms with Gasteiger partial charge in [-0.1, -0.05) is 34.6 Å². The molecule has 0 unspecified atom stereocenters. The Hall–Kier alpha value is -1.88. The molecule has 0 atom stereocenters. The summed E-state index contributed by atoms with van der Waals surface area (Å²) in [4.78, 5) is 5.98. The Labute approximate surface area is 166 Å². The molecule has 0 aromatic carbocycles. The molecule has 0 aliphatic rings. The fourth-order valence-electron chi connectivity index (χ4n) is 3.30. The van der Waals surface area contributed by atoms with Crippen LogP contribution in [0.1, 0.15) is 69.8 Å². The van der Waals surface area contributed by atoms with Crippen molar-refractivity contribution in [3.05, 3.63) is 58.2 Å². The summed E-state index contributed by atoms with van der Waals surface area (Å²) in [6.45, 7) is 16.5. The number of nitrogens with zero attached hydrogens (tertiary/aromatic N) is 2. The number of aromatic amines is 1. The molecule has 4 nitrogen and oxygen atoms in total. The Morgan fingerprint density at radius 2 is 1.81 bits per heavy atom. The maximum absolute atomic E-state index is 5.62. The lowest BCUT2D eigenvalue weighted by Gasteiger charge is -2.21. The fraction of sp³-hybridized carbons (Fsp3) is 0.545. The van der Waals surface area contributed by atoms with Gasteiger partial charge in [0.15, 0.2) is 12.7 Å². The van der Waals surface area contributed by atoms with Gasteiger partial charge in [0.1, 0.15) is 5.76 Å². The molecule has 146 valence electrons. The lowest BCUT2D eigenvalue weighted by Crippen LogP contribution is -2.44. The predicted octanol–water partition coefficient (Wildman–Crippen LogP) is 5.15. The van der Waals surface area contributed by atoms with E-state index in [1.165, 1.54) is 15.6 Å². The smallest absolute Gasteiger partial charge is 0.195 e. The van der Waals surface area contributed by atoms with Crippen LogP contribution < -0.4 is 4.68 Å². The van der Waals surface area contributed by atoms with Crippen LogP contribution in [0.15, 0.2) is 41.3 Å². The minimum absolute atomic E-state index is 0.0156. The monoisotopic (exact) mass is 386 g/mol. The number of hydrogen-bond acceptors (Lipinski definition) is 3. The van der Waals surface area contributed by atoms with E-state index in [-0.39, 0.29) is 16.2 Å². The highest BCUT2D eigenvalue weighted by atomic mass is 32.1. The van der Waals surface area contributed by atoms with Crippen LogP contribution in [0.2, 0.25) is 0 Å². The maximum atomic E-state index is 5.62. The van der Waals surface area contributed by atoms with Crippen molar-refractivity contribution < 1.29 is 9.10 Å². The van der Waals surface area contributed by atoms with E-state index in [1.807, 2.05) is 29.7 Å². The second kappa shape index (κ2) is 6.93. The number of furan rings is 1. The lowest BCUT2D eigenvalue weighted by molar-refractivity contribution is -0.757. The molecule has 0 amide bonds. The van der Waals surface area contributed by atoms with Gasteiger partial charge in [0, 0.05) is 28.0 Å². The summed E-state index contributed by atoms with van der Waals surface area (Å²) < 4.78 is 7.78. The third-order valence-electron chi connectivity index (χ3n) is 4.98. The van der Waals surface area contributed by atoms with E-state index in [0.29, 0.717) is 0 Å². The van der Waals surface area contributed by atoms with E-state index < -0.39 is 0 Å². The van der Waals surface area contributed by atoms with Crippen LogP contribution in [0.25, 0.3) is 0 Å². The summed E-state index contributed by atoms with van der Waals surface area (Å²) in [5.41, 5.74) is 1.30. The Morgan fingerprint density at radius 1 is 1.07 bits per heavy atom. The molecule has 27 heavy (non-hydrogen) atoms. The number of rotatable bonds is 6. The van der Waals surface area contributed by atoms with Crippen LogP contribution in [0, 0.1) is 0 Å². The largest absolute Gasteiger partial charge is 0.469 e. The van der Waals surface area contributed by atoms with E-state index in [2.05, 4.69) is 75.5 Å². The number of aromatic nitrogens is 3. The molecular formula is C22H32N3OS+. The normalized spacial score (nSPS) is 13.3. The number of nitrogens with one attached hydrogen (secondary N) is 1. The molecule has 0 bridgehead atoms. The van der Waals surface area contributed by atoms with Gasteiger partial charge in [-0.15, -0.1) is 16.0 Å². The zero-order valence-electron chi connectivity index (χ0n) is 17.6. The van der Waals surface area contributed by atoms with Crippen molar-refractivity contribution in [3.63, 3.8) is 0 Å². The second-order valence-electron chi connectivity index (χ2n) is 9.77. The molecule has 5 heteroatoms. The number of hydrogen-bond donors (Lipinski definition) is 1. The summed E-state index contributed by atoms with van der Waals surface area (Å²) in [6.07, 6.45) is 6.90. The Bertz CT molecular complexity index is 879. The summed E-state index contributed by atoms with van der Waals surface area (Å²) in [5, 5.41) is 4.79. The van der Waals surface area contributed by atoms with E-state index in [9.17, 15) is 0 Å². The molecule has 0 saturated carbocycles. The van der Waals surface area contributed by atoms with Gasteiger partial charge in [-0.3, -0.25) is 0 Å². The first-order valence-electron chi connectivity index (χ1n) is 9.55. The molecule has 0 spiro atoms. The minimum Gasteiger partial charge on any atom is -0.469 e. The molecule has 0 saturated heterocycles. The molecule has 0 radical (unpaired) electrons. The van der Waals surface area contributed by atoms with Crippen LogP contribution in [0.3, 0.4) is 0 Å². The van der Waals surface area contributed by atoms with Crippen molar-refractivity contribution in [3.8, 4) is 0 Å². The average Bonchev–Trinajstić information content (AvgIpc) is 3.27. The van der Waals surface area contributed by atoms with Gasteiger partial charge < -0.3 is 4.42 Å². The molecule has 0 aliphatic heterocycles. The Kier molecular flexibility index (Phi) is 5.10. The van der Waals surface area contributed by atoms with Crippen molar-refractivity contribution in [2.24, 2.45) is 0 Å². The summed E-state index contributed by atoms with van der Waals surface area (Å²) in [6, 6.07) is 6.20. The molecule has 3 aromatic rings. The van der Waals surface area contributed by atoms with Gasteiger partial charge in [0.2, 0.25) is 0 Å². The number of H-pyrrole nitrogens is 1. The van der Waals surface area contributed by atoms with E-state index >= 15 is 0 Å². The van der Waals surface area contributed by atoms with Gasteiger partial charge in [0.25, 0.3) is 0 Å². The third-order valence-corrected chi connectivity index (χ3v) is 6.40. The highest BCUT2D eigenvalue weighted by Gasteiger charge is 2.32. The summed E-state index contributed by atoms with van der Waals surface area (Å²) >= 11 is 1.83. The number of thiazole rings is 1.